The van der Waals surface area contributed by atoms with Gasteiger partial charge in [0.2, 0.25) is 10.1 Å². The van der Waals surface area contributed by atoms with E-state index < -0.39 is 11.2 Å². The number of aromatic nitrogens is 2. The molecule has 1 aromatic carbocycles. The number of nitrogens with zero attached hydrogens (tertiary/aromatic N) is 2. The number of anilines is 1. The van der Waals surface area contributed by atoms with E-state index in [0.717, 1.165) is 5.56 Å². The van der Waals surface area contributed by atoms with E-state index in [4.69, 9.17) is 11.6 Å². The number of hydrogen-bond acceptors (Lipinski definition) is 4. The van der Waals surface area contributed by atoms with Crippen LogP contribution in [0, 0.1) is 0 Å². The van der Waals surface area contributed by atoms with E-state index in [2.05, 4.69) is 15.5 Å². The average molecular weight is 294 g/mol. The van der Waals surface area contributed by atoms with Gasteiger partial charge in [-0.2, -0.15) is 13.2 Å². The highest BCUT2D eigenvalue weighted by molar-refractivity contribution is 7.15. The second kappa shape index (κ2) is 5.11. The van der Waals surface area contributed by atoms with Crippen molar-refractivity contribution < 1.29 is 13.2 Å². The second-order valence-electron chi connectivity index (χ2n) is 3.39. The minimum Gasteiger partial charge on any atom is -0.356 e. The smallest absolute Gasteiger partial charge is 0.356 e. The van der Waals surface area contributed by atoms with Crippen molar-refractivity contribution in [1.29, 1.82) is 0 Å². The Hall–Kier alpha value is -1.34. The molecule has 0 unspecified atom stereocenters. The summed E-state index contributed by atoms with van der Waals surface area (Å²) in [4.78, 5) is 0. The third-order valence-electron chi connectivity index (χ3n) is 2.00. The molecule has 0 bridgehead atoms. The first-order valence-electron chi connectivity index (χ1n) is 4.84. The Morgan fingerprint density at radius 3 is 2.67 bits per heavy atom. The van der Waals surface area contributed by atoms with Crippen LogP contribution in [-0.2, 0) is 12.7 Å². The van der Waals surface area contributed by atoms with Crippen LogP contribution in [0.25, 0.3) is 0 Å². The largest absolute Gasteiger partial charge is 0.445 e. The lowest BCUT2D eigenvalue weighted by Crippen LogP contribution is -2.03. The topological polar surface area (TPSA) is 37.8 Å². The summed E-state index contributed by atoms with van der Waals surface area (Å²) in [5.41, 5.74) is 0.853. The van der Waals surface area contributed by atoms with Crippen LogP contribution in [-0.4, -0.2) is 10.2 Å². The fourth-order valence-electron chi connectivity index (χ4n) is 1.23. The van der Waals surface area contributed by atoms with Gasteiger partial charge in [-0.15, -0.1) is 10.2 Å². The van der Waals surface area contributed by atoms with Gasteiger partial charge in [0.25, 0.3) is 0 Å². The number of nitrogens with one attached hydrogen (secondary N) is 1. The van der Waals surface area contributed by atoms with Crippen LogP contribution in [0.5, 0.6) is 0 Å². The van der Waals surface area contributed by atoms with Gasteiger partial charge in [-0.1, -0.05) is 35.1 Å². The van der Waals surface area contributed by atoms with Crippen molar-refractivity contribution >= 4 is 28.1 Å². The van der Waals surface area contributed by atoms with Crippen molar-refractivity contribution in [3.63, 3.8) is 0 Å². The molecule has 0 amide bonds. The van der Waals surface area contributed by atoms with Gasteiger partial charge in [-0.3, -0.25) is 0 Å². The Morgan fingerprint density at radius 2 is 2.06 bits per heavy atom. The molecule has 1 aromatic heterocycles. The Morgan fingerprint density at radius 1 is 1.28 bits per heavy atom. The zero-order valence-electron chi connectivity index (χ0n) is 8.83. The van der Waals surface area contributed by atoms with E-state index in [9.17, 15) is 13.2 Å². The fraction of sp³-hybridized carbons (Fsp3) is 0.200. The third-order valence-corrected chi connectivity index (χ3v) is 3.16. The maximum Gasteiger partial charge on any atom is 0.445 e. The molecule has 0 atom stereocenters. The molecule has 0 saturated heterocycles. The fourth-order valence-corrected chi connectivity index (χ4v) is 2.05. The summed E-state index contributed by atoms with van der Waals surface area (Å²) in [7, 11) is 0. The van der Waals surface area contributed by atoms with Crippen molar-refractivity contribution in [1.82, 2.24) is 10.2 Å². The van der Waals surface area contributed by atoms with Crippen LogP contribution in [0.1, 0.15) is 10.6 Å². The summed E-state index contributed by atoms with van der Waals surface area (Å²) < 4.78 is 36.8. The highest BCUT2D eigenvalue weighted by Crippen LogP contribution is 2.33. The minimum atomic E-state index is -4.45. The van der Waals surface area contributed by atoms with Gasteiger partial charge in [0.1, 0.15) is 0 Å². The SMILES string of the molecule is FC(F)(F)c1nnc(NCc2cccc(Cl)c2)s1. The van der Waals surface area contributed by atoms with Crippen LogP contribution in [0.2, 0.25) is 5.02 Å². The summed E-state index contributed by atoms with van der Waals surface area (Å²) in [6.07, 6.45) is -4.45. The molecule has 2 aromatic rings. The molecule has 1 N–H and O–H groups in total. The van der Waals surface area contributed by atoms with Gasteiger partial charge in [-0.05, 0) is 17.7 Å². The van der Waals surface area contributed by atoms with Gasteiger partial charge >= 0.3 is 6.18 Å². The summed E-state index contributed by atoms with van der Waals surface area (Å²) in [5.74, 6) is 0. The Kier molecular flexibility index (Phi) is 3.72. The van der Waals surface area contributed by atoms with Crippen LogP contribution >= 0.6 is 22.9 Å². The maximum atomic E-state index is 12.3. The standard InChI is InChI=1S/C10H7ClF3N3S/c11-7-3-1-2-6(4-7)5-15-9-17-16-8(18-9)10(12,13)14/h1-4H,5H2,(H,15,17). The van der Waals surface area contributed by atoms with Gasteiger partial charge in [0, 0.05) is 11.6 Å². The molecule has 3 nitrogen and oxygen atoms in total. The lowest BCUT2D eigenvalue weighted by molar-refractivity contribution is -0.138. The first-order chi connectivity index (χ1) is 8.45. The molecule has 0 fully saturated rings. The van der Waals surface area contributed by atoms with E-state index in [1.54, 1.807) is 18.2 Å². The zero-order chi connectivity index (χ0) is 13.2. The lowest BCUT2D eigenvalue weighted by Gasteiger charge is -2.02. The van der Waals surface area contributed by atoms with Gasteiger partial charge in [-0.25, -0.2) is 0 Å². The molecule has 8 heteroatoms. The summed E-state index contributed by atoms with van der Waals surface area (Å²) in [5, 5.41) is 9.00. The molecule has 0 saturated carbocycles. The van der Waals surface area contributed by atoms with E-state index >= 15 is 0 Å². The minimum absolute atomic E-state index is 0.127. The first-order valence-corrected chi connectivity index (χ1v) is 6.03. The molecule has 0 aliphatic heterocycles. The number of alkyl halides is 3. The molecule has 2 rings (SSSR count). The van der Waals surface area contributed by atoms with Crippen molar-refractivity contribution in [2.45, 2.75) is 12.7 Å². The third kappa shape index (κ3) is 3.33. The zero-order valence-corrected chi connectivity index (χ0v) is 10.4. The molecule has 1 heterocycles. The highest BCUT2D eigenvalue weighted by Gasteiger charge is 2.35. The van der Waals surface area contributed by atoms with E-state index in [1.807, 2.05) is 6.07 Å². The first kappa shape index (κ1) is 13.1. The van der Waals surface area contributed by atoms with E-state index in [1.165, 1.54) is 0 Å². The molecular weight excluding hydrogens is 287 g/mol. The van der Waals surface area contributed by atoms with Crippen molar-refractivity contribution in [3.8, 4) is 0 Å². The highest BCUT2D eigenvalue weighted by atomic mass is 35.5. The molecule has 96 valence electrons. The number of hydrogen-bond donors (Lipinski definition) is 1. The summed E-state index contributed by atoms with van der Waals surface area (Å²) in [6, 6.07) is 7.02. The van der Waals surface area contributed by atoms with Crippen LogP contribution in [0.3, 0.4) is 0 Å². The normalized spacial score (nSPS) is 11.6. The van der Waals surface area contributed by atoms with Crippen molar-refractivity contribution in [2.24, 2.45) is 0 Å². The lowest BCUT2D eigenvalue weighted by atomic mass is 10.2. The van der Waals surface area contributed by atoms with Crippen LogP contribution in [0.15, 0.2) is 24.3 Å². The molecular formula is C10H7ClF3N3S. The van der Waals surface area contributed by atoms with Crippen molar-refractivity contribution in [3.05, 3.63) is 39.9 Å². The summed E-state index contributed by atoms with van der Waals surface area (Å²) >= 11 is 6.26. The molecule has 0 aliphatic carbocycles. The van der Waals surface area contributed by atoms with E-state index in [-0.39, 0.29) is 5.13 Å². The second-order valence-corrected chi connectivity index (χ2v) is 4.81. The molecule has 18 heavy (non-hydrogen) atoms. The Balaban J connectivity index is 2.01. The van der Waals surface area contributed by atoms with E-state index in [0.29, 0.717) is 22.9 Å². The predicted octanol–water partition coefficient (Wildman–Crippen LogP) is 3.82. The Bertz CT molecular complexity index is 541. The number of rotatable bonds is 3. The number of benzene rings is 1. The van der Waals surface area contributed by atoms with Crippen molar-refractivity contribution in [2.75, 3.05) is 5.32 Å². The summed E-state index contributed by atoms with van der Waals surface area (Å²) in [6.45, 7) is 0.340. The van der Waals surface area contributed by atoms with Crippen LogP contribution < -0.4 is 5.32 Å². The Labute approximate surface area is 110 Å². The molecule has 0 spiro atoms. The van der Waals surface area contributed by atoms with Gasteiger partial charge in [0.15, 0.2) is 0 Å². The van der Waals surface area contributed by atoms with Crippen LogP contribution in [0.4, 0.5) is 18.3 Å². The monoisotopic (exact) mass is 293 g/mol. The van der Waals surface area contributed by atoms with Gasteiger partial charge < -0.3 is 5.32 Å². The number of halogens is 4. The van der Waals surface area contributed by atoms with Gasteiger partial charge in [0.05, 0.1) is 0 Å². The average Bonchev–Trinajstić information content (AvgIpc) is 2.74. The quantitative estimate of drug-likeness (QED) is 0.935. The molecule has 0 aliphatic rings. The molecule has 0 radical (unpaired) electrons. The predicted molar refractivity (Wildman–Crippen MR) is 63.7 cm³/mol. The maximum absolute atomic E-state index is 12.3.